The van der Waals surface area contributed by atoms with E-state index < -0.39 is 42.0 Å². The Kier molecular flexibility index (Phi) is 8.23. The van der Waals surface area contributed by atoms with Crippen molar-refractivity contribution in [2.24, 2.45) is 5.92 Å². The van der Waals surface area contributed by atoms with Gasteiger partial charge in [0.05, 0.1) is 12.1 Å². The topological polar surface area (TPSA) is 127 Å². The highest BCUT2D eigenvalue weighted by Gasteiger charge is 2.50. The molecule has 0 saturated carbocycles. The van der Waals surface area contributed by atoms with Crippen LogP contribution in [0.1, 0.15) is 42.1 Å². The lowest BCUT2D eigenvalue weighted by Crippen LogP contribution is -2.58. The number of nitrogens with one attached hydrogen (secondary N) is 1. The minimum absolute atomic E-state index is 0.0366. The molecule has 0 bridgehead atoms. The van der Waals surface area contributed by atoms with Crippen molar-refractivity contribution in [3.05, 3.63) is 71.8 Å². The quantitative estimate of drug-likeness (QED) is 0.475. The summed E-state index contributed by atoms with van der Waals surface area (Å²) in [4.78, 5) is 53.8. The number of aliphatic carboxylic acids is 2. The Bertz CT molecular complexity index is 1130. The summed E-state index contributed by atoms with van der Waals surface area (Å²) in [5, 5.41) is 22.6. The molecule has 37 heavy (non-hydrogen) atoms. The van der Waals surface area contributed by atoms with Crippen molar-refractivity contribution in [3.63, 3.8) is 0 Å². The Morgan fingerprint density at radius 2 is 1.65 bits per heavy atom. The van der Waals surface area contributed by atoms with E-state index in [2.05, 4.69) is 5.32 Å². The molecule has 9 heteroatoms. The number of likely N-dealkylation sites (tertiary alicyclic amines) is 2. The van der Waals surface area contributed by atoms with Crippen molar-refractivity contribution in [1.82, 2.24) is 15.1 Å². The Labute approximate surface area is 216 Å². The molecule has 0 aliphatic carbocycles. The van der Waals surface area contributed by atoms with Crippen molar-refractivity contribution in [2.75, 3.05) is 13.1 Å². The molecule has 2 saturated heterocycles. The Morgan fingerprint density at radius 3 is 2.27 bits per heavy atom. The van der Waals surface area contributed by atoms with Crippen LogP contribution in [0.3, 0.4) is 0 Å². The Balaban J connectivity index is 1.47. The molecule has 0 unspecified atom stereocenters. The molecular formula is C28H33N3O6. The summed E-state index contributed by atoms with van der Waals surface area (Å²) < 4.78 is 0. The first-order chi connectivity index (χ1) is 17.8. The molecule has 0 radical (unpaired) electrons. The third-order valence-electron chi connectivity index (χ3n) is 7.47. The molecule has 2 aliphatic heterocycles. The molecule has 3 N–H and O–H groups in total. The van der Waals surface area contributed by atoms with Gasteiger partial charge in [-0.1, -0.05) is 48.5 Å². The van der Waals surface area contributed by atoms with Gasteiger partial charge in [0.1, 0.15) is 12.1 Å². The van der Waals surface area contributed by atoms with E-state index in [0.29, 0.717) is 31.4 Å². The van der Waals surface area contributed by atoms with E-state index in [4.69, 9.17) is 0 Å². The zero-order valence-corrected chi connectivity index (χ0v) is 20.8. The van der Waals surface area contributed by atoms with E-state index in [9.17, 15) is 29.4 Å². The number of fused-ring (bicyclic) bond motifs is 1. The van der Waals surface area contributed by atoms with Crippen LogP contribution in [0.2, 0.25) is 0 Å². The largest absolute Gasteiger partial charge is 0.480 e. The monoisotopic (exact) mass is 507 g/mol. The summed E-state index contributed by atoms with van der Waals surface area (Å²) in [6.07, 6.45) is 1.73. The van der Waals surface area contributed by atoms with Gasteiger partial charge < -0.3 is 20.0 Å². The molecular weight excluding hydrogens is 474 g/mol. The van der Waals surface area contributed by atoms with Crippen LogP contribution in [0.25, 0.3) is 0 Å². The van der Waals surface area contributed by atoms with Gasteiger partial charge in [0.2, 0.25) is 5.91 Å². The van der Waals surface area contributed by atoms with Crippen LogP contribution >= 0.6 is 0 Å². The van der Waals surface area contributed by atoms with Gasteiger partial charge in [-0.15, -0.1) is 0 Å². The van der Waals surface area contributed by atoms with Gasteiger partial charge in [-0.05, 0) is 56.2 Å². The fourth-order valence-corrected chi connectivity index (χ4v) is 5.52. The standard InChI is InChI=1S/C28H33N3O6/c1-18(29-22(27(34)35)13-12-19-8-4-2-5-9-19)25(32)31-23(28(36)37)16-21-14-15-30(17-24(21)31)26(33)20-10-6-3-7-11-20/h2-11,18,21-24,29H,12-17H2,1H3,(H,34,35)(H,36,37)/t18-,21+,22+,23-,24-/m0/s1. The summed E-state index contributed by atoms with van der Waals surface area (Å²) in [6.45, 7) is 2.32. The van der Waals surface area contributed by atoms with E-state index >= 15 is 0 Å². The lowest BCUT2D eigenvalue weighted by Gasteiger charge is -2.40. The number of carbonyl (C=O) groups is 4. The molecule has 4 rings (SSSR count). The van der Waals surface area contributed by atoms with Gasteiger partial charge in [-0.2, -0.15) is 0 Å². The summed E-state index contributed by atoms with van der Waals surface area (Å²) >= 11 is 0. The Hall–Kier alpha value is -3.72. The maximum atomic E-state index is 13.6. The molecule has 5 atom stereocenters. The molecule has 0 spiro atoms. The molecule has 196 valence electrons. The van der Waals surface area contributed by atoms with Crippen LogP contribution in [0.4, 0.5) is 0 Å². The number of amides is 2. The number of carboxylic acid groups (broad SMARTS) is 2. The van der Waals surface area contributed by atoms with Gasteiger partial charge in [-0.25, -0.2) is 4.79 Å². The normalized spacial score (nSPS) is 22.7. The van der Waals surface area contributed by atoms with Crippen LogP contribution in [0, 0.1) is 5.92 Å². The lowest BCUT2D eigenvalue weighted by atomic mass is 9.91. The third kappa shape index (κ3) is 5.99. The van der Waals surface area contributed by atoms with Gasteiger partial charge >= 0.3 is 11.9 Å². The highest BCUT2D eigenvalue weighted by Crippen LogP contribution is 2.37. The van der Waals surface area contributed by atoms with Crippen LogP contribution in [0.15, 0.2) is 60.7 Å². The van der Waals surface area contributed by atoms with Gasteiger partial charge in [0, 0.05) is 18.7 Å². The molecule has 0 aromatic heterocycles. The van der Waals surface area contributed by atoms with Crippen LogP contribution in [-0.4, -0.2) is 81.0 Å². The highest BCUT2D eigenvalue weighted by molar-refractivity contribution is 5.94. The first-order valence-electron chi connectivity index (χ1n) is 12.7. The van der Waals surface area contributed by atoms with Gasteiger partial charge in [-0.3, -0.25) is 19.7 Å². The fraction of sp³-hybridized carbons (Fsp3) is 0.429. The average molecular weight is 508 g/mol. The summed E-state index contributed by atoms with van der Waals surface area (Å²) in [7, 11) is 0. The maximum absolute atomic E-state index is 13.6. The van der Waals surface area contributed by atoms with Gasteiger partial charge in [0.15, 0.2) is 0 Å². The maximum Gasteiger partial charge on any atom is 0.326 e. The van der Waals surface area contributed by atoms with Crippen molar-refractivity contribution in [3.8, 4) is 0 Å². The number of carbonyl (C=O) groups excluding carboxylic acids is 2. The number of carboxylic acids is 2. The zero-order chi connectivity index (χ0) is 26.5. The second kappa shape index (κ2) is 11.6. The van der Waals surface area contributed by atoms with E-state index in [1.165, 1.54) is 4.90 Å². The molecule has 2 heterocycles. The molecule has 9 nitrogen and oxygen atoms in total. The zero-order valence-electron chi connectivity index (χ0n) is 20.8. The number of hydrogen-bond acceptors (Lipinski definition) is 5. The molecule has 2 aliphatic rings. The van der Waals surface area contributed by atoms with Crippen LogP contribution < -0.4 is 5.32 Å². The first-order valence-corrected chi connectivity index (χ1v) is 12.7. The number of hydrogen-bond donors (Lipinski definition) is 3. The Morgan fingerprint density at radius 1 is 1.00 bits per heavy atom. The predicted octanol–water partition coefficient (Wildman–Crippen LogP) is 2.27. The summed E-state index contributed by atoms with van der Waals surface area (Å²) in [5.41, 5.74) is 1.54. The lowest BCUT2D eigenvalue weighted by molar-refractivity contribution is -0.151. The molecule has 2 aromatic carbocycles. The molecule has 2 fully saturated rings. The van der Waals surface area contributed by atoms with E-state index in [1.807, 2.05) is 36.4 Å². The van der Waals surface area contributed by atoms with E-state index in [-0.39, 0.29) is 24.8 Å². The SMILES string of the molecule is C[C@H](N[C@H](CCc1ccccc1)C(=O)O)C(=O)N1[C@H](C(=O)O)C[C@H]2CCN(C(=O)c3ccccc3)C[C@@H]21. The number of rotatable bonds is 9. The summed E-state index contributed by atoms with van der Waals surface area (Å²) in [5.74, 6) is -2.80. The summed E-state index contributed by atoms with van der Waals surface area (Å²) in [6, 6.07) is 15.0. The molecule has 2 aromatic rings. The van der Waals surface area contributed by atoms with E-state index in [0.717, 1.165) is 5.56 Å². The predicted molar refractivity (Wildman–Crippen MR) is 136 cm³/mol. The number of nitrogens with zero attached hydrogens (tertiary/aromatic N) is 2. The number of benzene rings is 2. The molecule has 2 amide bonds. The smallest absolute Gasteiger partial charge is 0.326 e. The van der Waals surface area contributed by atoms with Crippen molar-refractivity contribution >= 4 is 23.8 Å². The fourth-order valence-electron chi connectivity index (χ4n) is 5.52. The van der Waals surface area contributed by atoms with E-state index in [1.54, 1.807) is 36.1 Å². The van der Waals surface area contributed by atoms with Crippen LogP contribution in [0.5, 0.6) is 0 Å². The van der Waals surface area contributed by atoms with Crippen molar-refractivity contribution in [1.29, 1.82) is 0 Å². The average Bonchev–Trinajstić information content (AvgIpc) is 3.30. The van der Waals surface area contributed by atoms with Crippen LogP contribution in [-0.2, 0) is 20.8 Å². The second-order valence-corrected chi connectivity index (χ2v) is 9.87. The first kappa shape index (κ1) is 26.3. The third-order valence-corrected chi connectivity index (χ3v) is 7.47. The number of aryl methyl sites for hydroxylation is 1. The van der Waals surface area contributed by atoms with Crippen molar-refractivity contribution in [2.45, 2.75) is 56.8 Å². The highest BCUT2D eigenvalue weighted by atomic mass is 16.4. The minimum Gasteiger partial charge on any atom is -0.480 e. The minimum atomic E-state index is -1.09. The number of piperidine rings is 1. The van der Waals surface area contributed by atoms with Crippen molar-refractivity contribution < 1.29 is 29.4 Å². The van der Waals surface area contributed by atoms with Gasteiger partial charge in [0.25, 0.3) is 5.91 Å². The second-order valence-electron chi connectivity index (χ2n) is 9.87.